The first kappa shape index (κ1) is 39.1. The van der Waals surface area contributed by atoms with Crippen LogP contribution in [-0.2, 0) is 32.1 Å². The normalized spacial score (nSPS) is 16.3. The molecule has 0 spiro atoms. The molecule has 0 atom stereocenters. The predicted molar refractivity (Wildman–Crippen MR) is 173 cm³/mol. The van der Waals surface area contributed by atoms with Crippen LogP contribution in [0, 0.1) is 10.8 Å². The third-order valence-corrected chi connectivity index (χ3v) is 6.40. The summed E-state index contributed by atoms with van der Waals surface area (Å²) in [7, 11) is 0. The fourth-order valence-corrected chi connectivity index (χ4v) is 4.10. The van der Waals surface area contributed by atoms with E-state index < -0.39 is 0 Å². The molecule has 1 aliphatic carbocycles. The van der Waals surface area contributed by atoms with Crippen molar-refractivity contribution in [2.24, 2.45) is 15.8 Å². The molecular formula is C36H58N2NiO2. The molecule has 2 rings (SSSR count). The van der Waals surface area contributed by atoms with Gasteiger partial charge >= 0.3 is 16.5 Å². The molecule has 41 heavy (non-hydrogen) atoms. The van der Waals surface area contributed by atoms with E-state index >= 15 is 0 Å². The van der Waals surface area contributed by atoms with Gasteiger partial charge in [-0.2, -0.15) is 0 Å². The molecule has 0 heterocycles. The van der Waals surface area contributed by atoms with E-state index in [2.05, 4.69) is 106 Å². The smallest absolute Gasteiger partial charge is 0.873 e. The van der Waals surface area contributed by atoms with Crippen molar-refractivity contribution in [2.75, 3.05) is 0 Å². The maximum absolute atomic E-state index is 12.7. The van der Waals surface area contributed by atoms with E-state index in [1.165, 1.54) is 11.1 Å². The molecular weight excluding hydrogens is 551 g/mol. The SMILES string of the molecule is CC(C)(C)N=C1C=C(C(C)(C)C)C=C(C(C)(C)C)C1=O.CC(C)(C)[N-]c1cc(C(C)(C)C)cc(C(C)(C)C)c1[O-].[Ni+2]. The number of carbonyl (C=O) groups excluding carboxylic acids is 1. The molecule has 0 amide bonds. The molecule has 1 aromatic rings. The molecule has 0 bridgehead atoms. The Morgan fingerprint density at radius 3 is 1.49 bits per heavy atom. The van der Waals surface area contributed by atoms with Gasteiger partial charge < -0.3 is 10.4 Å². The van der Waals surface area contributed by atoms with Crippen LogP contribution in [0.4, 0.5) is 5.69 Å². The standard InChI is InChI=1S/C18H30NO.C18H29NO.Ni/c2*1-16(2,3)12-10-13(17(4,5)6)15(20)14(11-12)19-18(7,8)9;/h10-11,20H,1-9H3;10-11H,1-9H3;/q-1;;+2/p-1. The van der Waals surface area contributed by atoms with Gasteiger partial charge in [0, 0.05) is 5.57 Å². The minimum Gasteiger partial charge on any atom is -0.873 e. The molecule has 234 valence electrons. The third kappa shape index (κ3) is 12.1. The van der Waals surface area contributed by atoms with Crippen LogP contribution in [0.1, 0.15) is 136 Å². The molecule has 0 fully saturated rings. The monoisotopic (exact) mass is 608 g/mol. The Balaban J connectivity index is 0.000000762. The minimum absolute atomic E-state index is 0. The molecule has 0 saturated carbocycles. The first-order chi connectivity index (χ1) is 17.4. The summed E-state index contributed by atoms with van der Waals surface area (Å²) in [4.78, 5) is 17.3. The van der Waals surface area contributed by atoms with E-state index in [1.807, 2.05) is 53.7 Å². The van der Waals surface area contributed by atoms with Crippen molar-refractivity contribution in [3.05, 3.63) is 51.9 Å². The molecule has 5 heteroatoms. The van der Waals surface area contributed by atoms with Gasteiger partial charge in [0.05, 0.1) is 5.54 Å². The summed E-state index contributed by atoms with van der Waals surface area (Å²) in [5.41, 5.74) is 4.43. The number of carbonyl (C=O) groups is 1. The number of Topliss-reactive ketones (excluding diaryl/α,β-unsaturated/α-hetero) is 1. The fourth-order valence-electron chi connectivity index (χ4n) is 4.10. The molecule has 0 aromatic heterocycles. The van der Waals surface area contributed by atoms with E-state index in [0.717, 1.165) is 11.1 Å². The van der Waals surface area contributed by atoms with Crippen LogP contribution in [0.15, 0.2) is 40.4 Å². The molecule has 0 saturated heterocycles. The van der Waals surface area contributed by atoms with Crippen molar-refractivity contribution in [2.45, 2.75) is 147 Å². The van der Waals surface area contributed by atoms with Crippen molar-refractivity contribution >= 4 is 17.2 Å². The van der Waals surface area contributed by atoms with E-state index in [1.54, 1.807) is 0 Å². The topological polar surface area (TPSA) is 66.6 Å². The van der Waals surface area contributed by atoms with Gasteiger partial charge in [0.15, 0.2) is 0 Å². The Hall–Kier alpha value is -1.87. The van der Waals surface area contributed by atoms with Gasteiger partial charge in [-0.3, -0.25) is 9.79 Å². The number of hydrogen-bond acceptors (Lipinski definition) is 3. The molecule has 0 N–H and O–H groups in total. The molecule has 1 aromatic carbocycles. The number of nitrogens with zero attached hydrogens (tertiary/aromatic N) is 2. The first-order valence-corrected chi connectivity index (χ1v) is 14.6. The second-order valence-electron chi connectivity index (χ2n) is 17.3. The van der Waals surface area contributed by atoms with Crippen molar-refractivity contribution in [3.8, 4) is 5.75 Å². The van der Waals surface area contributed by atoms with Crippen LogP contribution >= 0.6 is 0 Å². The van der Waals surface area contributed by atoms with E-state index in [-0.39, 0.29) is 60.8 Å². The second kappa shape index (κ2) is 12.8. The van der Waals surface area contributed by atoms with Crippen LogP contribution in [-0.4, -0.2) is 22.6 Å². The van der Waals surface area contributed by atoms with Crippen molar-refractivity contribution in [1.29, 1.82) is 0 Å². The van der Waals surface area contributed by atoms with Crippen LogP contribution in [0.5, 0.6) is 5.75 Å². The van der Waals surface area contributed by atoms with Gasteiger partial charge in [0.25, 0.3) is 0 Å². The van der Waals surface area contributed by atoms with Gasteiger partial charge in [-0.1, -0.05) is 128 Å². The van der Waals surface area contributed by atoms with Crippen LogP contribution < -0.4 is 5.11 Å². The number of ketones is 1. The summed E-state index contributed by atoms with van der Waals surface area (Å²) in [6.07, 6.45) is 4.02. The molecule has 4 nitrogen and oxygen atoms in total. The molecule has 0 aliphatic heterocycles. The zero-order valence-electron chi connectivity index (χ0n) is 29.3. The maximum atomic E-state index is 12.7. The predicted octanol–water partition coefficient (Wildman–Crippen LogP) is 9.91. The molecule has 1 aliphatic rings. The van der Waals surface area contributed by atoms with E-state index in [4.69, 9.17) is 0 Å². The first-order valence-electron chi connectivity index (χ1n) is 14.6. The summed E-state index contributed by atoms with van der Waals surface area (Å²) in [6, 6.07) is 4.02. The summed E-state index contributed by atoms with van der Waals surface area (Å²) in [5, 5.41) is 17.3. The summed E-state index contributed by atoms with van der Waals surface area (Å²) < 4.78 is 0. The van der Waals surface area contributed by atoms with Gasteiger partial charge in [0.2, 0.25) is 5.78 Å². The van der Waals surface area contributed by atoms with E-state index in [9.17, 15) is 9.90 Å². The van der Waals surface area contributed by atoms with Crippen LogP contribution in [0.25, 0.3) is 5.32 Å². The summed E-state index contributed by atoms with van der Waals surface area (Å²) in [5.74, 6) is 0.140. The average molecular weight is 610 g/mol. The minimum atomic E-state index is -0.245. The number of hydrogen-bond donors (Lipinski definition) is 0. The Morgan fingerprint density at radius 2 is 1.15 bits per heavy atom. The second-order valence-corrected chi connectivity index (χ2v) is 17.3. The van der Waals surface area contributed by atoms with Crippen molar-refractivity contribution < 1.29 is 26.4 Å². The van der Waals surface area contributed by atoms with Crippen molar-refractivity contribution in [1.82, 2.24) is 0 Å². The van der Waals surface area contributed by atoms with Gasteiger partial charge in [-0.15, -0.1) is 17.0 Å². The largest absolute Gasteiger partial charge is 2.00 e. The van der Waals surface area contributed by atoms with Gasteiger partial charge in [0.1, 0.15) is 5.71 Å². The number of benzene rings is 1. The fraction of sp³-hybridized carbons (Fsp3) is 0.667. The zero-order valence-corrected chi connectivity index (χ0v) is 30.3. The number of rotatable bonds is 1. The number of allylic oxidation sites excluding steroid dienone is 4. The summed E-state index contributed by atoms with van der Waals surface area (Å²) in [6.45, 7) is 37.6. The van der Waals surface area contributed by atoms with Gasteiger partial charge in [-0.05, 0) is 59.6 Å². The average Bonchev–Trinajstić information content (AvgIpc) is 2.66. The van der Waals surface area contributed by atoms with Crippen LogP contribution in [0.2, 0.25) is 0 Å². The Bertz CT molecular complexity index is 1180. The van der Waals surface area contributed by atoms with E-state index in [0.29, 0.717) is 11.4 Å². The van der Waals surface area contributed by atoms with Crippen LogP contribution in [0.3, 0.4) is 0 Å². The Kier molecular flexibility index (Phi) is 12.2. The maximum Gasteiger partial charge on any atom is 2.00 e. The third-order valence-electron chi connectivity index (χ3n) is 6.40. The molecule has 0 radical (unpaired) electrons. The van der Waals surface area contributed by atoms with Crippen molar-refractivity contribution in [3.63, 3.8) is 0 Å². The summed E-state index contributed by atoms with van der Waals surface area (Å²) >= 11 is 0. The Morgan fingerprint density at radius 1 is 0.659 bits per heavy atom. The van der Waals surface area contributed by atoms with Gasteiger partial charge in [-0.25, -0.2) is 0 Å². The number of aliphatic imine (C=N–C) groups is 1. The quantitative estimate of drug-likeness (QED) is 0.235. The molecule has 0 unspecified atom stereocenters. The zero-order chi connectivity index (χ0) is 31.9. The Labute approximate surface area is 262 Å².